The highest BCUT2D eigenvalue weighted by atomic mass is 32.2. The van der Waals surface area contributed by atoms with Gasteiger partial charge in [0.1, 0.15) is 0 Å². The van der Waals surface area contributed by atoms with Crippen LogP contribution < -0.4 is 24.5 Å². The van der Waals surface area contributed by atoms with Crippen LogP contribution in [0.5, 0.6) is 17.2 Å². The van der Waals surface area contributed by atoms with Crippen LogP contribution in [0.4, 0.5) is 5.69 Å². The maximum atomic E-state index is 12.6. The molecular weight excluding hydrogens is 418 g/mol. The van der Waals surface area contributed by atoms with E-state index in [1.165, 1.54) is 46.5 Å². The van der Waals surface area contributed by atoms with Gasteiger partial charge in [-0.1, -0.05) is 0 Å². The number of benzene rings is 2. The molecule has 2 aromatic rings. The van der Waals surface area contributed by atoms with E-state index in [2.05, 4.69) is 5.43 Å². The second-order valence-electron chi connectivity index (χ2n) is 6.12. The molecule has 0 radical (unpaired) electrons. The molecule has 1 amide bonds. The Labute approximate surface area is 173 Å². The predicted octanol–water partition coefficient (Wildman–Crippen LogP) is 1.86. The topological polar surface area (TPSA) is 146 Å². The Morgan fingerprint density at radius 3 is 2.03 bits per heavy atom. The van der Waals surface area contributed by atoms with E-state index in [4.69, 9.17) is 14.2 Å². The van der Waals surface area contributed by atoms with Crippen LogP contribution in [0.1, 0.15) is 21.5 Å². The minimum atomic E-state index is -4.29. The van der Waals surface area contributed by atoms with Gasteiger partial charge >= 0.3 is 0 Å². The van der Waals surface area contributed by atoms with Gasteiger partial charge in [0.05, 0.1) is 31.1 Å². The van der Waals surface area contributed by atoms with Crippen molar-refractivity contribution in [2.45, 2.75) is 18.7 Å². The molecule has 12 heteroatoms. The summed E-state index contributed by atoms with van der Waals surface area (Å²) in [4.78, 5) is 24.5. The van der Waals surface area contributed by atoms with Crippen molar-refractivity contribution >= 4 is 21.6 Å². The van der Waals surface area contributed by atoms with Crippen LogP contribution in [-0.2, 0) is 10.0 Å². The van der Waals surface area contributed by atoms with Crippen LogP contribution in [0.15, 0.2) is 29.2 Å². The average molecular weight is 439 g/mol. The van der Waals surface area contributed by atoms with Crippen LogP contribution in [0.25, 0.3) is 0 Å². The Bertz CT molecular complexity index is 1070. The number of amides is 1. The highest BCUT2D eigenvalue weighted by Gasteiger charge is 2.24. The Morgan fingerprint density at radius 1 is 1.00 bits per heavy atom. The van der Waals surface area contributed by atoms with Gasteiger partial charge in [0.15, 0.2) is 11.5 Å². The highest BCUT2D eigenvalue weighted by molar-refractivity contribution is 7.89. The maximum Gasteiger partial charge on any atom is 0.271 e. The Balaban J connectivity index is 2.33. The number of carbonyl (C=O) groups excluding carboxylic acids is 1. The molecule has 11 nitrogen and oxygen atoms in total. The first-order valence-electron chi connectivity index (χ1n) is 8.43. The van der Waals surface area contributed by atoms with Crippen molar-refractivity contribution in [1.82, 2.24) is 10.3 Å². The van der Waals surface area contributed by atoms with E-state index in [1.54, 1.807) is 6.92 Å². The van der Waals surface area contributed by atoms with Crippen LogP contribution in [-0.4, -0.2) is 40.6 Å². The van der Waals surface area contributed by atoms with Gasteiger partial charge in [0.25, 0.3) is 21.6 Å². The summed E-state index contributed by atoms with van der Waals surface area (Å²) in [5.74, 6) is -0.137. The fourth-order valence-electron chi connectivity index (χ4n) is 2.65. The number of nitro benzene ring substituents is 1. The minimum absolute atomic E-state index is 0.0270. The molecule has 0 aliphatic carbocycles. The van der Waals surface area contributed by atoms with Gasteiger partial charge in [-0.15, -0.1) is 4.83 Å². The van der Waals surface area contributed by atoms with E-state index in [-0.39, 0.29) is 33.4 Å². The Morgan fingerprint density at radius 2 is 1.57 bits per heavy atom. The third kappa shape index (κ3) is 4.60. The number of ether oxygens (including phenoxy) is 3. The van der Waals surface area contributed by atoms with Crippen LogP contribution >= 0.6 is 0 Å². The van der Waals surface area contributed by atoms with Crippen molar-refractivity contribution in [2.24, 2.45) is 0 Å². The smallest absolute Gasteiger partial charge is 0.271 e. The molecule has 2 rings (SSSR count). The molecule has 0 spiro atoms. The lowest BCUT2D eigenvalue weighted by Gasteiger charge is -2.15. The van der Waals surface area contributed by atoms with Gasteiger partial charge in [0, 0.05) is 17.7 Å². The summed E-state index contributed by atoms with van der Waals surface area (Å²) in [5.41, 5.74) is 2.45. The molecule has 30 heavy (non-hydrogen) atoms. The van der Waals surface area contributed by atoms with E-state index < -0.39 is 20.9 Å². The van der Waals surface area contributed by atoms with Crippen molar-refractivity contribution in [1.29, 1.82) is 0 Å². The number of methoxy groups -OCH3 is 3. The normalized spacial score (nSPS) is 11.0. The van der Waals surface area contributed by atoms with E-state index in [9.17, 15) is 23.3 Å². The summed E-state index contributed by atoms with van der Waals surface area (Å²) < 4.78 is 40.8. The minimum Gasteiger partial charge on any atom is -0.493 e. The van der Waals surface area contributed by atoms with E-state index in [0.717, 1.165) is 6.07 Å². The quantitative estimate of drug-likeness (QED) is 0.468. The molecule has 0 saturated carbocycles. The molecule has 0 unspecified atom stereocenters. The number of sulfonamides is 1. The van der Waals surface area contributed by atoms with Gasteiger partial charge in [-0.2, -0.15) is 0 Å². The van der Waals surface area contributed by atoms with Crippen molar-refractivity contribution < 1.29 is 32.3 Å². The third-order valence-electron chi connectivity index (χ3n) is 4.33. The second-order valence-corrected chi connectivity index (χ2v) is 7.77. The molecule has 0 saturated heterocycles. The molecule has 0 bridgehead atoms. The number of nitro groups is 1. The molecule has 2 N–H and O–H groups in total. The molecule has 162 valence electrons. The summed E-state index contributed by atoms with van der Waals surface area (Å²) in [5, 5.41) is 11.1. The van der Waals surface area contributed by atoms with Gasteiger partial charge in [-0.3, -0.25) is 20.3 Å². The monoisotopic (exact) mass is 439 g/mol. The lowest BCUT2D eigenvalue weighted by molar-refractivity contribution is -0.385. The summed E-state index contributed by atoms with van der Waals surface area (Å²) in [6, 6.07) is 4.88. The van der Waals surface area contributed by atoms with Crippen molar-refractivity contribution in [3.05, 3.63) is 51.1 Å². The molecule has 0 aliphatic rings. The maximum absolute atomic E-state index is 12.6. The number of hydrogen-bond acceptors (Lipinski definition) is 8. The van der Waals surface area contributed by atoms with Crippen molar-refractivity contribution in [2.75, 3.05) is 21.3 Å². The van der Waals surface area contributed by atoms with E-state index >= 15 is 0 Å². The fourth-order valence-corrected chi connectivity index (χ4v) is 3.82. The summed E-state index contributed by atoms with van der Waals surface area (Å²) >= 11 is 0. The molecule has 0 aliphatic heterocycles. The number of non-ortho nitro benzene ring substituents is 1. The second kappa shape index (κ2) is 8.97. The van der Waals surface area contributed by atoms with Crippen molar-refractivity contribution in [3.8, 4) is 17.2 Å². The lowest BCUT2D eigenvalue weighted by Crippen LogP contribution is -2.41. The van der Waals surface area contributed by atoms with Crippen LogP contribution in [0.3, 0.4) is 0 Å². The summed E-state index contributed by atoms with van der Waals surface area (Å²) in [6.07, 6.45) is 0. The lowest BCUT2D eigenvalue weighted by atomic mass is 10.1. The third-order valence-corrected chi connectivity index (χ3v) is 5.70. The number of hydrogen-bond donors (Lipinski definition) is 2. The highest BCUT2D eigenvalue weighted by Crippen LogP contribution is 2.38. The first kappa shape index (κ1) is 22.9. The number of rotatable bonds is 8. The standard InChI is InChI=1S/C18H21N3O8S/c1-10-6-13(21(23)24)9-16(11(10)2)30(25,26)20-19-18(22)12-7-14(27-3)17(29-5)15(8-12)28-4/h6-9,20H,1-5H3,(H,19,22). The van der Waals surface area contributed by atoms with E-state index in [0.29, 0.717) is 11.1 Å². The Hall–Kier alpha value is -3.38. The van der Waals surface area contributed by atoms with Crippen LogP contribution in [0, 0.1) is 24.0 Å². The predicted molar refractivity (Wildman–Crippen MR) is 106 cm³/mol. The zero-order valence-corrected chi connectivity index (χ0v) is 17.7. The average Bonchev–Trinajstić information content (AvgIpc) is 2.72. The first-order valence-corrected chi connectivity index (χ1v) is 9.91. The van der Waals surface area contributed by atoms with E-state index in [1.807, 2.05) is 4.83 Å². The SMILES string of the molecule is COc1cc(C(=O)NNS(=O)(=O)c2cc([N+](=O)[O-])cc(C)c2C)cc(OC)c1OC. The largest absolute Gasteiger partial charge is 0.493 e. The van der Waals surface area contributed by atoms with Crippen molar-refractivity contribution in [3.63, 3.8) is 0 Å². The number of aryl methyl sites for hydroxylation is 1. The number of nitrogens with zero attached hydrogens (tertiary/aromatic N) is 1. The molecule has 2 aromatic carbocycles. The van der Waals surface area contributed by atoms with Gasteiger partial charge in [-0.25, -0.2) is 8.42 Å². The molecule has 0 fully saturated rings. The number of hydrazine groups is 1. The summed E-state index contributed by atoms with van der Waals surface area (Å²) in [6.45, 7) is 3.06. The zero-order valence-electron chi connectivity index (χ0n) is 16.9. The molecule has 0 aromatic heterocycles. The van der Waals surface area contributed by atoms with Gasteiger partial charge < -0.3 is 14.2 Å². The molecular formula is C18H21N3O8S. The van der Waals surface area contributed by atoms with Gasteiger partial charge in [-0.05, 0) is 37.1 Å². The molecule has 0 heterocycles. The first-order chi connectivity index (χ1) is 14.0. The fraction of sp³-hybridized carbons (Fsp3) is 0.278. The number of carbonyl (C=O) groups is 1. The molecule has 0 atom stereocenters. The van der Waals surface area contributed by atoms with Gasteiger partial charge in [0.2, 0.25) is 5.75 Å². The summed E-state index contributed by atoms with van der Waals surface area (Å²) in [7, 11) is -0.150. The van der Waals surface area contributed by atoms with Crippen LogP contribution in [0.2, 0.25) is 0 Å². The zero-order chi connectivity index (χ0) is 22.6. The number of nitrogens with one attached hydrogen (secondary N) is 2. The Kier molecular flexibility index (Phi) is 6.84.